The van der Waals surface area contributed by atoms with Crippen molar-refractivity contribution < 1.29 is 13.3 Å². The molecule has 2 rings (SSSR count). The first-order chi connectivity index (χ1) is 9.23. The van der Waals surface area contributed by atoms with Gasteiger partial charge in [-0.25, -0.2) is 13.1 Å². The van der Waals surface area contributed by atoms with Crippen LogP contribution in [0.1, 0.15) is 19.8 Å². The van der Waals surface area contributed by atoms with Crippen molar-refractivity contribution >= 4 is 43.8 Å². The van der Waals surface area contributed by atoms with E-state index in [0.29, 0.717) is 17.9 Å². The molecule has 1 unspecified atom stereocenters. The number of nitrogens with zero attached hydrogens (tertiary/aromatic N) is 1. The van der Waals surface area contributed by atoms with Crippen LogP contribution in [-0.2, 0) is 10.0 Å². The lowest BCUT2D eigenvalue weighted by Crippen LogP contribution is -2.36. The Hall–Kier alpha value is -0.840. The van der Waals surface area contributed by atoms with E-state index in [1.807, 2.05) is 6.92 Å². The zero-order chi connectivity index (χ0) is 15.0. The molecule has 0 bridgehead atoms. The number of nitrogens with two attached hydrogens (primary N) is 1. The highest BCUT2D eigenvalue weighted by molar-refractivity contribution is 8.01. The maximum Gasteiger partial charge on any atom is 0.304 e. The first-order valence-electron chi connectivity index (χ1n) is 5.91. The highest BCUT2D eigenvalue weighted by atomic mass is 32.2. The van der Waals surface area contributed by atoms with E-state index in [9.17, 15) is 18.5 Å². The lowest BCUT2D eigenvalue weighted by molar-refractivity contribution is -0.383. The quantitative estimate of drug-likeness (QED) is 0.625. The number of thiophene rings is 1. The average Bonchev–Trinajstić information content (AvgIpc) is 2.94. The van der Waals surface area contributed by atoms with E-state index in [4.69, 9.17) is 5.73 Å². The highest BCUT2D eigenvalue weighted by Gasteiger charge is 2.32. The fourth-order valence-electron chi connectivity index (χ4n) is 1.94. The second-order valence-corrected chi connectivity index (χ2v) is 9.56. The predicted molar refractivity (Wildman–Crippen MR) is 80.7 cm³/mol. The van der Waals surface area contributed by atoms with Crippen LogP contribution in [0, 0.1) is 10.1 Å². The molecule has 0 saturated carbocycles. The molecule has 1 aromatic rings. The van der Waals surface area contributed by atoms with Crippen molar-refractivity contribution in [1.29, 1.82) is 0 Å². The standard InChI is InChI=1S/C10H15N3O4S3/c1-10(3-2-4-18-10)6-12-20(16,17)8-5-7(13(14)15)9(11)19-8/h5,12H,2-4,6,11H2,1H3. The van der Waals surface area contributed by atoms with Crippen molar-refractivity contribution in [3.63, 3.8) is 0 Å². The van der Waals surface area contributed by atoms with Crippen LogP contribution in [0.2, 0.25) is 0 Å². The third-order valence-electron chi connectivity index (χ3n) is 3.12. The molecule has 10 heteroatoms. The lowest BCUT2D eigenvalue weighted by Gasteiger charge is -2.22. The molecule has 0 aromatic carbocycles. The van der Waals surface area contributed by atoms with Crippen LogP contribution in [0.15, 0.2) is 10.3 Å². The lowest BCUT2D eigenvalue weighted by atomic mass is 10.1. The Bertz CT molecular complexity index is 620. The minimum atomic E-state index is -3.75. The Balaban J connectivity index is 2.14. The fraction of sp³-hybridized carbons (Fsp3) is 0.600. The fourth-order valence-corrected chi connectivity index (χ4v) is 5.71. The molecule has 0 amide bonds. The molecule has 3 N–H and O–H groups in total. The number of anilines is 1. The molecular weight excluding hydrogens is 322 g/mol. The zero-order valence-corrected chi connectivity index (χ0v) is 13.2. The summed E-state index contributed by atoms with van der Waals surface area (Å²) >= 11 is 2.45. The topological polar surface area (TPSA) is 115 Å². The summed E-state index contributed by atoms with van der Waals surface area (Å²) in [5, 5.41) is 10.6. The van der Waals surface area contributed by atoms with Gasteiger partial charge in [-0.2, -0.15) is 11.8 Å². The molecule has 112 valence electrons. The van der Waals surface area contributed by atoms with Gasteiger partial charge in [-0.3, -0.25) is 10.1 Å². The van der Waals surface area contributed by atoms with E-state index in [2.05, 4.69) is 4.72 Å². The number of rotatable bonds is 5. The van der Waals surface area contributed by atoms with Gasteiger partial charge < -0.3 is 5.73 Å². The molecule has 2 heterocycles. The van der Waals surface area contributed by atoms with E-state index < -0.39 is 14.9 Å². The smallest absolute Gasteiger partial charge is 0.304 e. The van der Waals surface area contributed by atoms with Crippen molar-refractivity contribution in [2.75, 3.05) is 18.0 Å². The molecule has 0 radical (unpaired) electrons. The third kappa shape index (κ3) is 3.25. The normalized spacial score (nSPS) is 23.1. The zero-order valence-electron chi connectivity index (χ0n) is 10.8. The molecule has 0 aliphatic carbocycles. The second-order valence-electron chi connectivity index (χ2n) is 4.80. The Kier molecular flexibility index (Phi) is 4.28. The van der Waals surface area contributed by atoms with E-state index in [1.54, 1.807) is 11.8 Å². The summed E-state index contributed by atoms with van der Waals surface area (Å²) in [6, 6.07) is 1.01. The molecular formula is C10H15N3O4S3. The molecule has 7 nitrogen and oxygen atoms in total. The van der Waals surface area contributed by atoms with Gasteiger partial charge >= 0.3 is 5.69 Å². The van der Waals surface area contributed by atoms with Crippen LogP contribution in [-0.4, -0.2) is 30.4 Å². The van der Waals surface area contributed by atoms with E-state index >= 15 is 0 Å². The molecule has 1 saturated heterocycles. The highest BCUT2D eigenvalue weighted by Crippen LogP contribution is 2.38. The first-order valence-corrected chi connectivity index (χ1v) is 9.19. The average molecular weight is 337 g/mol. The van der Waals surface area contributed by atoms with Gasteiger partial charge in [0.1, 0.15) is 4.21 Å². The molecule has 1 aliphatic rings. The van der Waals surface area contributed by atoms with Gasteiger partial charge in [0.15, 0.2) is 5.00 Å². The van der Waals surface area contributed by atoms with Crippen LogP contribution in [0.25, 0.3) is 0 Å². The third-order valence-corrected chi connectivity index (χ3v) is 7.48. The summed E-state index contributed by atoms with van der Waals surface area (Å²) in [4.78, 5) is 10.0. The largest absolute Gasteiger partial charge is 0.385 e. The summed E-state index contributed by atoms with van der Waals surface area (Å²) in [5.74, 6) is 1.02. The van der Waals surface area contributed by atoms with Crippen molar-refractivity contribution in [2.45, 2.75) is 28.7 Å². The molecule has 1 fully saturated rings. The minimum Gasteiger partial charge on any atom is -0.385 e. The van der Waals surface area contributed by atoms with Crippen molar-refractivity contribution in [1.82, 2.24) is 4.72 Å². The summed E-state index contributed by atoms with van der Waals surface area (Å²) in [5.41, 5.74) is 5.10. The van der Waals surface area contributed by atoms with Crippen LogP contribution >= 0.6 is 23.1 Å². The molecule has 20 heavy (non-hydrogen) atoms. The molecule has 1 aliphatic heterocycles. The van der Waals surface area contributed by atoms with E-state index in [1.165, 1.54) is 0 Å². The number of nitrogen functional groups attached to an aromatic ring is 1. The second kappa shape index (κ2) is 5.51. The number of sulfonamides is 1. The number of nitrogens with one attached hydrogen (secondary N) is 1. The monoisotopic (exact) mass is 337 g/mol. The maximum atomic E-state index is 12.1. The van der Waals surface area contributed by atoms with Crippen LogP contribution < -0.4 is 10.5 Å². The van der Waals surface area contributed by atoms with Gasteiger partial charge in [-0.1, -0.05) is 11.3 Å². The predicted octanol–water partition coefficient (Wildman–Crippen LogP) is 1.80. The first kappa shape index (κ1) is 15.5. The number of thioether (sulfide) groups is 1. The van der Waals surface area contributed by atoms with Gasteiger partial charge in [0.05, 0.1) is 4.92 Å². The summed E-state index contributed by atoms with van der Waals surface area (Å²) in [6.45, 7) is 2.32. The Morgan fingerprint density at radius 1 is 1.60 bits per heavy atom. The number of nitro groups is 1. The van der Waals surface area contributed by atoms with Gasteiger partial charge in [-0.05, 0) is 25.5 Å². The van der Waals surface area contributed by atoms with E-state index in [0.717, 1.165) is 24.7 Å². The molecule has 1 aromatic heterocycles. The maximum absolute atomic E-state index is 12.1. The van der Waals surface area contributed by atoms with Gasteiger partial charge in [0, 0.05) is 17.4 Å². The van der Waals surface area contributed by atoms with Crippen LogP contribution in [0.5, 0.6) is 0 Å². The summed E-state index contributed by atoms with van der Waals surface area (Å²) in [6.07, 6.45) is 2.02. The van der Waals surface area contributed by atoms with Gasteiger partial charge in [0.2, 0.25) is 10.0 Å². The van der Waals surface area contributed by atoms with Crippen molar-refractivity contribution in [3.05, 3.63) is 16.2 Å². The minimum absolute atomic E-state index is 0.100. The van der Waals surface area contributed by atoms with Crippen molar-refractivity contribution in [3.8, 4) is 0 Å². The number of hydrogen-bond acceptors (Lipinski definition) is 7. The summed E-state index contributed by atoms with van der Waals surface area (Å²) < 4.78 is 26.6. The molecule has 0 spiro atoms. The molecule has 1 atom stereocenters. The van der Waals surface area contributed by atoms with Crippen LogP contribution in [0.4, 0.5) is 10.7 Å². The Morgan fingerprint density at radius 2 is 2.30 bits per heavy atom. The van der Waals surface area contributed by atoms with Gasteiger partial charge in [-0.15, -0.1) is 0 Å². The Morgan fingerprint density at radius 3 is 2.80 bits per heavy atom. The van der Waals surface area contributed by atoms with Crippen molar-refractivity contribution in [2.24, 2.45) is 0 Å². The van der Waals surface area contributed by atoms with Crippen LogP contribution in [0.3, 0.4) is 0 Å². The number of hydrogen-bond donors (Lipinski definition) is 2. The van der Waals surface area contributed by atoms with Gasteiger partial charge in [0.25, 0.3) is 0 Å². The SMILES string of the molecule is CC1(CNS(=O)(=O)c2cc([N+](=O)[O-])c(N)s2)CCCS1. The summed E-state index contributed by atoms with van der Waals surface area (Å²) in [7, 11) is -3.75. The van der Waals surface area contributed by atoms with E-state index in [-0.39, 0.29) is 19.6 Å². The Labute approximate surface area is 125 Å².